The fourth-order valence-corrected chi connectivity index (χ4v) is 3.21. The summed E-state index contributed by atoms with van der Waals surface area (Å²) < 4.78 is 7.22. The minimum Gasteiger partial charge on any atom is -0.350 e. The number of pyridine rings is 1. The second kappa shape index (κ2) is 6.14. The van der Waals surface area contributed by atoms with Crippen molar-refractivity contribution in [1.82, 2.24) is 20.2 Å². The second-order valence-electron chi connectivity index (χ2n) is 6.62. The van der Waals surface area contributed by atoms with Crippen molar-refractivity contribution < 1.29 is 14.4 Å². The average molecular weight is 330 g/mol. The molecule has 1 unspecified atom stereocenters. The molecule has 2 aromatic rings. The van der Waals surface area contributed by atoms with E-state index in [4.69, 9.17) is 14.6 Å². The molecule has 128 valence electrons. The van der Waals surface area contributed by atoms with Gasteiger partial charge in [-0.2, -0.15) is 5.10 Å². The van der Waals surface area contributed by atoms with Crippen molar-refractivity contribution in [1.29, 1.82) is 0 Å². The number of rotatable bonds is 4. The number of hydrogen-bond acceptors (Lipinski definition) is 5. The molecule has 2 aromatic heterocycles. The van der Waals surface area contributed by atoms with Crippen LogP contribution in [0.15, 0.2) is 6.07 Å². The first kappa shape index (κ1) is 15.5. The fraction of sp³-hybridized carbons (Fsp3) is 0.588. The van der Waals surface area contributed by atoms with Gasteiger partial charge in [-0.15, -0.1) is 0 Å². The molecule has 1 aliphatic carbocycles. The Labute approximate surface area is 140 Å². The van der Waals surface area contributed by atoms with Gasteiger partial charge in [0.05, 0.1) is 16.6 Å². The summed E-state index contributed by atoms with van der Waals surface area (Å²) in [7, 11) is 1.85. The number of nitrogens with one attached hydrogen (secondary N) is 1. The third-order valence-corrected chi connectivity index (χ3v) is 4.65. The molecule has 0 radical (unpaired) electrons. The summed E-state index contributed by atoms with van der Waals surface area (Å²) in [5.41, 5.74) is 5.63. The normalized spacial score (nSPS) is 21.2. The SMILES string of the molecule is Cc1nn(C)c2nc(C3CC3)cc(C(=O)NOC3CCCCO3)c12. The maximum Gasteiger partial charge on any atom is 0.275 e. The zero-order valence-corrected chi connectivity index (χ0v) is 14.0. The number of aryl methyl sites for hydroxylation is 2. The average Bonchev–Trinajstić information content (AvgIpc) is 3.40. The number of carbonyl (C=O) groups excluding carboxylic acids is 1. The van der Waals surface area contributed by atoms with Crippen molar-refractivity contribution in [2.24, 2.45) is 7.05 Å². The number of hydrogen-bond donors (Lipinski definition) is 1. The molecule has 4 rings (SSSR count). The van der Waals surface area contributed by atoms with Crippen LogP contribution in [-0.2, 0) is 16.6 Å². The quantitative estimate of drug-likeness (QED) is 0.871. The van der Waals surface area contributed by atoms with Crippen molar-refractivity contribution >= 4 is 16.9 Å². The summed E-state index contributed by atoms with van der Waals surface area (Å²) in [4.78, 5) is 22.8. The lowest BCUT2D eigenvalue weighted by atomic mass is 10.1. The molecule has 1 saturated heterocycles. The minimum atomic E-state index is -0.363. The molecular formula is C17H22N4O3. The first-order valence-corrected chi connectivity index (χ1v) is 8.55. The summed E-state index contributed by atoms with van der Waals surface area (Å²) >= 11 is 0. The molecule has 2 aliphatic rings. The fourth-order valence-electron chi connectivity index (χ4n) is 3.21. The van der Waals surface area contributed by atoms with E-state index in [2.05, 4.69) is 10.6 Å². The molecule has 1 atom stereocenters. The van der Waals surface area contributed by atoms with Gasteiger partial charge < -0.3 is 4.74 Å². The predicted molar refractivity (Wildman–Crippen MR) is 87.4 cm³/mol. The smallest absolute Gasteiger partial charge is 0.275 e. The van der Waals surface area contributed by atoms with E-state index in [1.54, 1.807) is 4.68 Å². The lowest BCUT2D eigenvalue weighted by Crippen LogP contribution is -2.33. The monoisotopic (exact) mass is 330 g/mol. The van der Waals surface area contributed by atoms with Crippen LogP contribution in [0.25, 0.3) is 11.0 Å². The van der Waals surface area contributed by atoms with Crippen molar-refractivity contribution in [3.05, 3.63) is 23.0 Å². The highest BCUT2D eigenvalue weighted by molar-refractivity contribution is 6.06. The topological polar surface area (TPSA) is 78.3 Å². The molecule has 1 N–H and O–H groups in total. The summed E-state index contributed by atoms with van der Waals surface area (Å²) in [6.07, 6.45) is 4.78. The molecule has 1 aliphatic heterocycles. The lowest BCUT2D eigenvalue weighted by Gasteiger charge is -2.22. The van der Waals surface area contributed by atoms with Gasteiger partial charge in [0.25, 0.3) is 5.91 Å². The number of carbonyl (C=O) groups is 1. The molecule has 7 heteroatoms. The van der Waals surface area contributed by atoms with Crippen molar-refractivity contribution in [3.8, 4) is 0 Å². The van der Waals surface area contributed by atoms with Crippen LogP contribution < -0.4 is 5.48 Å². The molecule has 1 saturated carbocycles. The van der Waals surface area contributed by atoms with E-state index < -0.39 is 0 Å². The molecule has 24 heavy (non-hydrogen) atoms. The first-order valence-electron chi connectivity index (χ1n) is 8.55. The van der Waals surface area contributed by atoms with Crippen LogP contribution in [0, 0.1) is 6.92 Å². The van der Waals surface area contributed by atoms with E-state index in [9.17, 15) is 4.79 Å². The lowest BCUT2D eigenvalue weighted by molar-refractivity contribution is -0.186. The number of amides is 1. The molecule has 0 bridgehead atoms. The molecule has 2 fully saturated rings. The Hall–Kier alpha value is -1.99. The third kappa shape index (κ3) is 2.89. The number of hydroxylamine groups is 1. The number of aromatic nitrogens is 3. The Kier molecular flexibility index (Phi) is 3.97. The maximum absolute atomic E-state index is 12.7. The van der Waals surface area contributed by atoms with Crippen LogP contribution in [0.3, 0.4) is 0 Å². The summed E-state index contributed by atoms with van der Waals surface area (Å²) in [5, 5.41) is 5.20. The second-order valence-corrected chi connectivity index (χ2v) is 6.62. The highest BCUT2D eigenvalue weighted by atomic mass is 16.8. The summed E-state index contributed by atoms with van der Waals surface area (Å²) in [5.74, 6) is 0.188. The highest BCUT2D eigenvalue weighted by Gasteiger charge is 2.28. The van der Waals surface area contributed by atoms with E-state index in [1.165, 1.54) is 0 Å². The molecule has 3 heterocycles. The predicted octanol–water partition coefficient (Wildman–Crippen LogP) is 2.34. The van der Waals surface area contributed by atoms with Crippen molar-refractivity contribution in [2.45, 2.75) is 51.2 Å². The van der Waals surface area contributed by atoms with E-state index in [0.29, 0.717) is 18.1 Å². The zero-order chi connectivity index (χ0) is 16.7. The van der Waals surface area contributed by atoms with Crippen LogP contribution >= 0.6 is 0 Å². The Morgan fingerprint density at radius 3 is 2.92 bits per heavy atom. The number of ether oxygens (including phenoxy) is 1. The zero-order valence-electron chi connectivity index (χ0n) is 14.0. The molecular weight excluding hydrogens is 308 g/mol. The van der Waals surface area contributed by atoms with Crippen LogP contribution in [-0.4, -0.2) is 33.6 Å². The van der Waals surface area contributed by atoms with E-state index in [-0.39, 0.29) is 12.2 Å². The Bertz CT molecular complexity index is 776. The molecule has 0 aromatic carbocycles. The van der Waals surface area contributed by atoms with Gasteiger partial charge in [0.1, 0.15) is 0 Å². The third-order valence-electron chi connectivity index (χ3n) is 4.65. The van der Waals surface area contributed by atoms with Crippen LogP contribution in [0.2, 0.25) is 0 Å². The van der Waals surface area contributed by atoms with Crippen LogP contribution in [0.4, 0.5) is 0 Å². The van der Waals surface area contributed by atoms with Gasteiger partial charge in [0.15, 0.2) is 11.9 Å². The minimum absolute atomic E-state index is 0.269. The van der Waals surface area contributed by atoms with Crippen molar-refractivity contribution in [3.63, 3.8) is 0 Å². The van der Waals surface area contributed by atoms with Crippen LogP contribution in [0.5, 0.6) is 0 Å². The van der Waals surface area contributed by atoms with E-state index >= 15 is 0 Å². The number of nitrogens with zero attached hydrogens (tertiary/aromatic N) is 3. The van der Waals surface area contributed by atoms with Crippen LogP contribution in [0.1, 0.15) is 59.8 Å². The summed E-state index contributed by atoms with van der Waals surface area (Å²) in [6, 6.07) is 1.88. The van der Waals surface area contributed by atoms with Gasteiger partial charge in [-0.25, -0.2) is 15.3 Å². The van der Waals surface area contributed by atoms with E-state index in [1.807, 2.05) is 20.0 Å². The Balaban J connectivity index is 1.62. The maximum atomic E-state index is 12.7. The van der Waals surface area contributed by atoms with Gasteiger partial charge in [-0.3, -0.25) is 9.48 Å². The number of fused-ring (bicyclic) bond motifs is 1. The Morgan fingerprint density at radius 2 is 2.21 bits per heavy atom. The van der Waals surface area contributed by atoms with Gasteiger partial charge in [0.2, 0.25) is 0 Å². The molecule has 7 nitrogen and oxygen atoms in total. The molecule has 0 spiro atoms. The Morgan fingerprint density at radius 1 is 1.38 bits per heavy atom. The standard InChI is InChI=1S/C17H22N4O3/c1-10-15-12(17(22)20-24-14-5-3-4-8-23-14)9-13(11-6-7-11)18-16(15)21(2)19-10/h9,11,14H,3-8H2,1-2H3,(H,20,22). The van der Waals surface area contributed by atoms with Gasteiger partial charge >= 0.3 is 0 Å². The van der Waals surface area contributed by atoms with Gasteiger partial charge in [-0.1, -0.05) is 0 Å². The van der Waals surface area contributed by atoms with E-state index in [0.717, 1.165) is 54.5 Å². The molecule has 1 amide bonds. The van der Waals surface area contributed by atoms with Crippen molar-refractivity contribution in [2.75, 3.05) is 6.61 Å². The first-order chi connectivity index (χ1) is 11.6. The van der Waals surface area contributed by atoms with Gasteiger partial charge in [0, 0.05) is 31.7 Å². The van der Waals surface area contributed by atoms with Gasteiger partial charge in [-0.05, 0) is 38.7 Å². The highest BCUT2D eigenvalue weighted by Crippen LogP contribution is 2.40. The largest absolute Gasteiger partial charge is 0.350 e. The summed E-state index contributed by atoms with van der Waals surface area (Å²) in [6.45, 7) is 2.57.